The van der Waals surface area contributed by atoms with Gasteiger partial charge in [0, 0.05) is 7.14 Å². The second kappa shape index (κ2) is 20.8. The van der Waals surface area contributed by atoms with Crippen molar-refractivity contribution < 1.29 is 25.9 Å². The number of hydrogen-bond donors (Lipinski definition) is 1. The summed E-state index contributed by atoms with van der Waals surface area (Å²) in [6, 6.07) is 49.6. The lowest BCUT2D eigenvalue weighted by Crippen LogP contribution is -2.15. The molecule has 0 saturated carbocycles. The van der Waals surface area contributed by atoms with Crippen LogP contribution >= 0.6 is 45.2 Å². The van der Waals surface area contributed by atoms with Gasteiger partial charge in [-0.05, 0) is 128 Å². The highest BCUT2D eigenvalue weighted by atomic mass is 127. The van der Waals surface area contributed by atoms with Crippen molar-refractivity contribution in [2.45, 2.75) is 67.1 Å². The molecule has 5 aromatic carbocycles. The molecule has 5 rings (SSSR count). The van der Waals surface area contributed by atoms with Crippen LogP contribution in [-0.4, -0.2) is 37.4 Å². The molecule has 0 aliphatic rings. The molecule has 274 valence electrons. The van der Waals surface area contributed by atoms with Crippen molar-refractivity contribution in [1.82, 2.24) is 0 Å². The van der Waals surface area contributed by atoms with Gasteiger partial charge in [-0.1, -0.05) is 120 Å². The average molecular weight is 973 g/mol. The van der Waals surface area contributed by atoms with Crippen LogP contribution in [0.15, 0.2) is 154 Å². The van der Waals surface area contributed by atoms with Gasteiger partial charge in [-0.2, -0.15) is 8.42 Å². The van der Waals surface area contributed by atoms with Gasteiger partial charge in [-0.15, -0.1) is 0 Å². The van der Waals surface area contributed by atoms with Crippen LogP contribution in [0.2, 0.25) is 0 Å². The number of hydrogen-bond acceptors (Lipinski definition) is 5. The van der Waals surface area contributed by atoms with Crippen LogP contribution in [0.25, 0.3) is 0 Å². The van der Waals surface area contributed by atoms with E-state index in [1.165, 1.54) is 33.0 Å². The summed E-state index contributed by atoms with van der Waals surface area (Å²) in [5.41, 5.74) is 3.37. The molecule has 0 amide bonds. The van der Waals surface area contributed by atoms with Crippen LogP contribution in [-0.2, 0) is 42.0 Å². The van der Waals surface area contributed by atoms with Crippen molar-refractivity contribution in [3.05, 3.63) is 158 Å². The molecule has 0 aromatic heterocycles. The third-order valence-electron chi connectivity index (χ3n) is 6.95. The fourth-order valence-electron chi connectivity index (χ4n) is 4.19. The van der Waals surface area contributed by atoms with Crippen LogP contribution in [0.5, 0.6) is 0 Å². The second-order valence-corrected chi connectivity index (χ2v) is 20.9. The Morgan fingerprint density at radius 1 is 0.510 bits per heavy atom. The quantitative estimate of drug-likeness (QED) is 0.103. The number of benzene rings is 5. The summed E-state index contributed by atoms with van der Waals surface area (Å²) < 4.78 is 59.5. The summed E-state index contributed by atoms with van der Waals surface area (Å²) in [5, 5.41) is 0. The van der Waals surface area contributed by atoms with Crippen molar-refractivity contribution in [3.63, 3.8) is 0 Å². The summed E-state index contributed by atoms with van der Waals surface area (Å²) in [7, 11) is -8.90. The van der Waals surface area contributed by atoms with Crippen molar-refractivity contribution >= 4 is 76.3 Å². The first kappa shape index (κ1) is 44.9. The number of rotatable bonds is 6. The minimum absolute atomic E-state index is 0.0146. The average Bonchev–Trinajstić information content (AvgIpc) is 3.05. The third kappa shape index (κ3) is 18.9. The van der Waals surface area contributed by atoms with Gasteiger partial charge in [-0.3, -0.25) is 4.55 Å². The molecule has 0 aliphatic carbocycles. The molecule has 0 atom stereocenters. The summed E-state index contributed by atoms with van der Waals surface area (Å²) in [5.74, 6) is -2.13. The zero-order valence-corrected chi connectivity index (χ0v) is 36.4. The van der Waals surface area contributed by atoms with Crippen LogP contribution < -0.4 is 0 Å². The van der Waals surface area contributed by atoms with E-state index < -0.39 is 31.7 Å². The molecule has 0 radical (unpaired) electrons. The molecule has 0 unspecified atom stereocenters. The maximum atomic E-state index is 9.83. The molecular weight excluding hydrogens is 926 g/mol. The molecule has 0 heterocycles. The highest BCUT2D eigenvalue weighted by Crippen LogP contribution is 2.30. The number of halogens is 2. The van der Waals surface area contributed by atoms with E-state index in [0.29, 0.717) is 0 Å². The molecule has 6 nitrogen and oxygen atoms in total. The lowest BCUT2D eigenvalue weighted by Gasteiger charge is -2.18. The molecule has 0 spiro atoms. The monoisotopic (exact) mass is 972 g/mol. The van der Waals surface area contributed by atoms with Gasteiger partial charge in [0.05, 0.1) is 32.5 Å². The maximum Gasteiger partial charge on any atom is 0.265 e. The van der Waals surface area contributed by atoms with Crippen LogP contribution in [0.3, 0.4) is 0 Å². The van der Waals surface area contributed by atoms with Gasteiger partial charge in [0.25, 0.3) is 10.1 Å². The molecular formula is C40H46I2O6S3. The Balaban J connectivity index is 0.000000247. The van der Waals surface area contributed by atoms with Crippen LogP contribution in [0.1, 0.15) is 52.7 Å². The predicted molar refractivity (Wildman–Crippen MR) is 228 cm³/mol. The minimum Gasteiger partial charge on any atom is -0.748 e. The highest BCUT2D eigenvalue weighted by Gasteiger charge is 2.27. The Bertz CT molecular complexity index is 1760. The van der Waals surface area contributed by atoms with Crippen LogP contribution in [0, 0.1) is 7.14 Å². The summed E-state index contributed by atoms with van der Waals surface area (Å²) in [6.45, 7) is 13.4. The highest BCUT2D eigenvalue weighted by molar-refractivity contribution is 14.1. The lowest BCUT2D eigenvalue weighted by molar-refractivity contribution is 0.458. The van der Waals surface area contributed by atoms with E-state index in [1.54, 1.807) is 0 Å². The molecule has 0 bridgehead atoms. The SMILES string of the molecule is CC(C)(C)c1ccc(I)cc1.CC(C)(C)c1ccc(I)cc1.O=S(=O)([O-])CCS(=O)(=O)O.c1ccc([S+](c2ccccc2)c2ccccc2)cc1. The molecule has 5 aromatic rings. The summed E-state index contributed by atoms with van der Waals surface area (Å²) >= 11 is 4.65. The Morgan fingerprint density at radius 3 is 0.980 bits per heavy atom. The van der Waals surface area contributed by atoms with Gasteiger partial charge < -0.3 is 4.55 Å². The zero-order chi connectivity index (χ0) is 38.3. The van der Waals surface area contributed by atoms with Gasteiger partial charge in [0.1, 0.15) is 0 Å². The van der Waals surface area contributed by atoms with Gasteiger partial charge in [0.2, 0.25) is 0 Å². The third-order valence-corrected chi connectivity index (χ3v) is 12.3. The van der Waals surface area contributed by atoms with Gasteiger partial charge in [-0.25, -0.2) is 8.42 Å². The van der Waals surface area contributed by atoms with E-state index in [2.05, 4.69) is 226 Å². The fraction of sp³-hybridized carbons (Fsp3) is 0.250. The standard InChI is InChI=1S/C18H15S.2C10H13I.C2H6O6S2/c1-4-10-16(11-5-1)19(17-12-6-2-7-13-17)18-14-8-3-9-15-18;2*1-10(2,3)8-4-6-9(11)7-5-8;3-9(4,5)1-2-10(6,7)8/h1-15H;2*4-7H,1-3H3;1-2H2,(H,3,4,5)(H,6,7,8)/q+1;;;/p-1. The smallest absolute Gasteiger partial charge is 0.265 e. The van der Waals surface area contributed by atoms with Crippen molar-refractivity contribution in [3.8, 4) is 0 Å². The van der Waals surface area contributed by atoms with E-state index >= 15 is 0 Å². The van der Waals surface area contributed by atoms with Crippen molar-refractivity contribution in [1.29, 1.82) is 0 Å². The molecule has 51 heavy (non-hydrogen) atoms. The zero-order valence-electron chi connectivity index (χ0n) is 29.7. The first-order valence-electron chi connectivity index (χ1n) is 16.0. The van der Waals surface area contributed by atoms with E-state index in [1.807, 2.05) is 0 Å². The molecule has 0 aliphatic heterocycles. The van der Waals surface area contributed by atoms with Crippen molar-refractivity contribution in [2.24, 2.45) is 0 Å². The summed E-state index contributed by atoms with van der Waals surface area (Å²) in [6.07, 6.45) is 0. The maximum absolute atomic E-state index is 9.83. The lowest BCUT2D eigenvalue weighted by atomic mass is 9.87. The van der Waals surface area contributed by atoms with E-state index in [-0.39, 0.29) is 21.7 Å². The molecule has 0 fully saturated rings. The molecule has 1 N–H and O–H groups in total. The largest absolute Gasteiger partial charge is 0.748 e. The second-order valence-electron chi connectivity index (χ2n) is 13.3. The normalized spacial score (nSPS) is 11.6. The van der Waals surface area contributed by atoms with E-state index in [4.69, 9.17) is 4.55 Å². The molecule has 0 saturated heterocycles. The van der Waals surface area contributed by atoms with E-state index in [9.17, 15) is 21.4 Å². The minimum atomic E-state index is -4.55. The van der Waals surface area contributed by atoms with E-state index in [0.717, 1.165) is 0 Å². The van der Waals surface area contributed by atoms with Gasteiger partial charge >= 0.3 is 0 Å². The summed E-state index contributed by atoms with van der Waals surface area (Å²) in [4.78, 5) is 4.08. The Kier molecular flexibility index (Phi) is 18.3. The van der Waals surface area contributed by atoms with Crippen molar-refractivity contribution in [2.75, 3.05) is 11.5 Å². The fourth-order valence-corrected chi connectivity index (χ4v) is 8.67. The van der Waals surface area contributed by atoms with Gasteiger partial charge in [0.15, 0.2) is 14.7 Å². The first-order valence-corrected chi connectivity index (χ1v) is 22.5. The molecule has 11 heteroatoms. The topological polar surface area (TPSA) is 112 Å². The Hall–Kier alpha value is -2.27. The Morgan fingerprint density at radius 2 is 0.784 bits per heavy atom. The first-order chi connectivity index (χ1) is 23.7. The van der Waals surface area contributed by atoms with Crippen LogP contribution in [0.4, 0.5) is 0 Å². The Labute approximate surface area is 335 Å². The predicted octanol–water partition coefficient (Wildman–Crippen LogP) is 10.4.